The smallest absolute Gasteiger partial charge is 0.0234 e. The van der Waals surface area contributed by atoms with Gasteiger partial charge in [0.2, 0.25) is 0 Å². The highest BCUT2D eigenvalue weighted by Crippen LogP contribution is 2.18. The van der Waals surface area contributed by atoms with E-state index in [0.29, 0.717) is 0 Å². The molecule has 1 saturated heterocycles. The summed E-state index contributed by atoms with van der Waals surface area (Å²) < 4.78 is 0. The van der Waals surface area contributed by atoms with Crippen LogP contribution < -0.4 is 0 Å². The Balaban J connectivity index is 1.76. The zero-order valence-corrected chi connectivity index (χ0v) is 12.7. The molecule has 1 atom stereocenters. The van der Waals surface area contributed by atoms with Gasteiger partial charge in [-0.2, -0.15) is 0 Å². The van der Waals surface area contributed by atoms with E-state index in [1.165, 1.54) is 38.0 Å². The van der Waals surface area contributed by atoms with E-state index in [2.05, 4.69) is 61.0 Å². The predicted molar refractivity (Wildman–Crippen MR) is 82.2 cm³/mol. The van der Waals surface area contributed by atoms with E-state index < -0.39 is 0 Å². The van der Waals surface area contributed by atoms with Gasteiger partial charge in [-0.05, 0) is 37.9 Å². The number of hydrogen-bond donors (Lipinski definition) is 0. The molecule has 1 fully saturated rings. The average Bonchev–Trinajstić information content (AvgIpc) is 2.85. The van der Waals surface area contributed by atoms with Crippen molar-refractivity contribution in [3.05, 3.63) is 35.9 Å². The third kappa shape index (κ3) is 4.63. The Kier molecular flexibility index (Phi) is 5.41. The molecule has 2 nitrogen and oxygen atoms in total. The lowest BCUT2D eigenvalue weighted by Gasteiger charge is -2.25. The Morgan fingerprint density at radius 2 is 2.00 bits per heavy atom. The highest BCUT2D eigenvalue weighted by atomic mass is 15.2. The Morgan fingerprint density at radius 3 is 2.68 bits per heavy atom. The molecule has 2 rings (SSSR count). The summed E-state index contributed by atoms with van der Waals surface area (Å²) in [4.78, 5) is 5.15. The molecule has 0 aliphatic carbocycles. The van der Waals surface area contributed by atoms with Crippen LogP contribution in [0.2, 0.25) is 0 Å². The van der Waals surface area contributed by atoms with Gasteiger partial charge >= 0.3 is 0 Å². The molecule has 0 aromatic heterocycles. The summed E-state index contributed by atoms with van der Waals surface area (Å²) in [5, 5.41) is 0. The first-order valence-corrected chi connectivity index (χ1v) is 7.61. The molecule has 19 heavy (non-hydrogen) atoms. The number of hydrogen-bond acceptors (Lipinski definition) is 2. The van der Waals surface area contributed by atoms with Crippen molar-refractivity contribution in [1.82, 2.24) is 9.80 Å². The largest absolute Gasteiger partial charge is 0.302 e. The minimum atomic E-state index is 0.752. The van der Waals surface area contributed by atoms with Gasteiger partial charge in [-0.3, -0.25) is 4.90 Å². The van der Waals surface area contributed by atoms with Gasteiger partial charge in [-0.25, -0.2) is 0 Å². The molecule has 0 N–H and O–H groups in total. The molecule has 0 radical (unpaired) electrons. The van der Waals surface area contributed by atoms with Crippen molar-refractivity contribution in [1.29, 1.82) is 0 Å². The summed E-state index contributed by atoms with van der Waals surface area (Å²) in [6.45, 7) is 9.43. The molecule has 0 amide bonds. The van der Waals surface area contributed by atoms with Crippen LogP contribution in [0.1, 0.15) is 32.3 Å². The lowest BCUT2D eigenvalue weighted by atomic mass is 10.1. The lowest BCUT2D eigenvalue weighted by molar-refractivity contribution is 0.219. The van der Waals surface area contributed by atoms with Crippen LogP contribution in [0, 0.1) is 5.92 Å². The van der Waals surface area contributed by atoms with Crippen molar-refractivity contribution in [3.8, 4) is 0 Å². The van der Waals surface area contributed by atoms with Crippen LogP contribution in [0.4, 0.5) is 0 Å². The first-order chi connectivity index (χ1) is 9.15. The SMILES string of the molecule is CC(C)CCN(C)C1CCN(Cc2ccccc2)C1. The van der Waals surface area contributed by atoms with Crippen LogP contribution in [0.25, 0.3) is 0 Å². The number of likely N-dealkylation sites (N-methyl/N-ethyl adjacent to an activating group) is 1. The van der Waals surface area contributed by atoms with Crippen LogP contribution in [-0.4, -0.2) is 42.5 Å². The molecule has 1 unspecified atom stereocenters. The highest BCUT2D eigenvalue weighted by molar-refractivity contribution is 5.14. The quantitative estimate of drug-likeness (QED) is 0.775. The second kappa shape index (κ2) is 7.06. The summed E-state index contributed by atoms with van der Waals surface area (Å²) in [6.07, 6.45) is 2.63. The molecule has 0 bridgehead atoms. The molecule has 1 aliphatic rings. The Hall–Kier alpha value is -0.860. The van der Waals surface area contributed by atoms with Crippen LogP contribution in [0.3, 0.4) is 0 Å². The molecule has 1 aliphatic heterocycles. The molecule has 2 heteroatoms. The monoisotopic (exact) mass is 260 g/mol. The first-order valence-electron chi connectivity index (χ1n) is 7.61. The van der Waals surface area contributed by atoms with Gasteiger partial charge in [0.15, 0.2) is 0 Å². The van der Waals surface area contributed by atoms with Gasteiger partial charge < -0.3 is 4.90 Å². The van der Waals surface area contributed by atoms with Crippen LogP contribution in [0.5, 0.6) is 0 Å². The topological polar surface area (TPSA) is 6.48 Å². The molecule has 0 saturated carbocycles. The molecular formula is C17H28N2. The van der Waals surface area contributed by atoms with Crippen molar-refractivity contribution in [2.24, 2.45) is 5.92 Å². The highest BCUT2D eigenvalue weighted by Gasteiger charge is 2.25. The third-order valence-electron chi connectivity index (χ3n) is 4.18. The van der Waals surface area contributed by atoms with E-state index in [1.807, 2.05) is 0 Å². The fourth-order valence-electron chi connectivity index (χ4n) is 2.80. The average molecular weight is 260 g/mol. The number of benzene rings is 1. The second-order valence-corrected chi connectivity index (χ2v) is 6.33. The molecular weight excluding hydrogens is 232 g/mol. The summed E-state index contributed by atoms with van der Waals surface area (Å²) in [6, 6.07) is 11.6. The van der Waals surface area contributed by atoms with Gasteiger partial charge in [-0.15, -0.1) is 0 Å². The van der Waals surface area contributed by atoms with E-state index in [-0.39, 0.29) is 0 Å². The summed E-state index contributed by atoms with van der Waals surface area (Å²) in [5.41, 5.74) is 1.44. The molecule has 1 aromatic rings. The Bertz CT molecular complexity index is 361. The third-order valence-corrected chi connectivity index (χ3v) is 4.18. The van der Waals surface area contributed by atoms with E-state index in [4.69, 9.17) is 0 Å². The van der Waals surface area contributed by atoms with Crippen LogP contribution in [0.15, 0.2) is 30.3 Å². The maximum Gasteiger partial charge on any atom is 0.0234 e. The maximum absolute atomic E-state index is 2.59. The van der Waals surface area contributed by atoms with Crippen molar-refractivity contribution in [2.75, 3.05) is 26.7 Å². The standard InChI is InChI=1S/C17H28N2/c1-15(2)9-11-18(3)17-10-12-19(14-17)13-16-7-5-4-6-8-16/h4-8,15,17H,9-14H2,1-3H3. The Morgan fingerprint density at radius 1 is 1.26 bits per heavy atom. The molecule has 1 heterocycles. The van der Waals surface area contributed by atoms with Crippen LogP contribution >= 0.6 is 0 Å². The minimum Gasteiger partial charge on any atom is -0.302 e. The van der Waals surface area contributed by atoms with Crippen molar-refractivity contribution in [3.63, 3.8) is 0 Å². The molecule has 106 valence electrons. The molecule has 0 spiro atoms. The number of nitrogens with zero attached hydrogens (tertiary/aromatic N) is 2. The van der Waals surface area contributed by atoms with E-state index in [0.717, 1.165) is 18.5 Å². The fraction of sp³-hybridized carbons (Fsp3) is 0.647. The zero-order valence-electron chi connectivity index (χ0n) is 12.7. The van der Waals surface area contributed by atoms with Crippen molar-refractivity contribution < 1.29 is 0 Å². The number of likely N-dealkylation sites (tertiary alicyclic amines) is 1. The maximum atomic E-state index is 2.59. The van der Waals surface area contributed by atoms with Crippen LogP contribution in [-0.2, 0) is 6.54 Å². The van der Waals surface area contributed by atoms with Gasteiger partial charge in [-0.1, -0.05) is 44.2 Å². The van der Waals surface area contributed by atoms with Gasteiger partial charge in [0.05, 0.1) is 0 Å². The van der Waals surface area contributed by atoms with E-state index in [1.54, 1.807) is 0 Å². The van der Waals surface area contributed by atoms with E-state index in [9.17, 15) is 0 Å². The first kappa shape index (κ1) is 14.5. The lowest BCUT2D eigenvalue weighted by Crippen LogP contribution is -2.35. The van der Waals surface area contributed by atoms with Crippen molar-refractivity contribution >= 4 is 0 Å². The number of rotatable bonds is 6. The molecule has 1 aromatic carbocycles. The second-order valence-electron chi connectivity index (χ2n) is 6.33. The van der Waals surface area contributed by atoms with Gasteiger partial charge in [0, 0.05) is 25.7 Å². The van der Waals surface area contributed by atoms with Crippen molar-refractivity contribution in [2.45, 2.75) is 39.3 Å². The Labute approximate surface area is 118 Å². The summed E-state index contributed by atoms with van der Waals surface area (Å²) in [7, 11) is 2.29. The minimum absolute atomic E-state index is 0.752. The van der Waals surface area contributed by atoms with Gasteiger partial charge in [0.25, 0.3) is 0 Å². The van der Waals surface area contributed by atoms with E-state index >= 15 is 0 Å². The summed E-state index contributed by atoms with van der Waals surface area (Å²) >= 11 is 0. The zero-order chi connectivity index (χ0) is 13.7. The predicted octanol–water partition coefficient (Wildman–Crippen LogP) is 3.24. The van der Waals surface area contributed by atoms with Gasteiger partial charge in [0.1, 0.15) is 0 Å². The fourth-order valence-corrected chi connectivity index (χ4v) is 2.80. The normalized spacial score (nSPS) is 20.6. The summed E-state index contributed by atoms with van der Waals surface area (Å²) in [5.74, 6) is 0.810.